The van der Waals surface area contributed by atoms with Crippen LogP contribution in [0, 0.1) is 0 Å². The Hall–Kier alpha value is -1.58. The molecule has 0 fully saturated rings. The van der Waals surface area contributed by atoms with Gasteiger partial charge >= 0.3 is 0 Å². The summed E-state index contributed by atoms with van der Waals surface area (Å²) in [6.45, 7) is 2.64. The number of hydrogen-bond acceptors (Lipinski definition) is 3. The van der Waals surface area contributed by atoms with Gasteiger partial charge in [0, 0.05) is 14.1 Å². The van der Waals surface area contributed by atoms with Gasteiger partial charge in [0.1, 0.15) is 5.75 Å². The molecule has 1 aromatic carbocycles. The molecule has 76 valence electrons. The van der Waals surface area contributed by atoms with E-state index >= 15 is 0 Å². The third-order valence-electron chi connectivity index (χ3n) is 1.49. The average molecular weight is 193 g/mol. The molecule has 4 heteroatoms. The molecule has 0 saturated carbocycles. The maximum Gasteiger partial charge on any atom is 0.119 e. The Kier molecular flexibility index (Phi) is 3.91. The van der Waals surface area contributed by atoms with Gasteiger partial charge in [-0.1, -0.05) is 5.22 Å². The quantitative estimate of drug-likeness (QED) is 0.544. The second kappa shape index (κ2) is 5.21. The summed E-state index contributed by atoms with van der Waals surface area (Å²) >= 11 is 0. The summed E-state index contributed by atoms with van der Waals surface area (Å²) in [5.74, 6) is 0.858. The summed E-state index contributed by atoms with van der Waals surface area (Å²) in [5, 5.41) is 9.54. The van der Waals surface area contributed by atoms with Crippen LogP contribution in [-0.4, -0.2) is 25.7 Å². The van der Waals surface area contributed by atoms with Gasteiger partial charge in [-0.05, 0) is 31.2 Å². The molecule has 4 nitrogen and oxygen atoms in total. The van der Waals surface area contributed by atoms with Gasteiger partial charge in [-0.3, -0.25) is 5.01 Å². The monoisotopic (exact) mass is 193 g/mol. The molecule has 0 radical (unpaired) electrons. The van der Waals surface area contributed by atoms with Crippen molar-refractivity contribution >= 4 is 5.69 Å². The number of rotatable bonds is 4. The van der Waals surface area contributed by atoms with E-state index in [0.717, 1.165) is 11.4 Å². The summed E-state index contributed by atoms with van der Waals surface area (Å²) in [7, 11) is 3.66. The first-order valence-electron chi connectivity index (χ1n) is 4.54. The second-order valence-corrected chi connectivity index (χ2v) is 2.96. The first-order chi connectivity index (χ1) is 6.72. The van der Waals surface area contributed by atoms with Crippen molar-refractivity contribution in [3.63, 3.8) is 0 Å². The summed E-state index contributed by atoms with van der Waals surface area (Å²) in [6.07, 6.45) is 0. The maximum atomic E-state index is 5.30. The Balaban J connectivity index is 2.64. The van der Waals surface area contributed by atoms with Crippen LogP contribution in [0.4, 0.5) is 5.69 Å². The topological polar surface area (TPSA) is 37.2 Å². The van der Waals surface area contributed by atoms with Gasteiger partial charge < -0.3 is 4.74 Å². The van der Waals surface area contributed by atoms with Crippen LogP contribution in [0.1, 0.15) is 6.92 Å². The molecule has 0 aliphatic carbocycles. The highest BCUT2D eigenvalue weighted by Crippen LogP contribution is 2.18. The van der Waals surface area contributed by atoms with Crippen LogP contribution in [0.3, 0.4) is 0 Å². The Morgan fingerprint density at radius 2 is 1.86 bits per heavy atom. The van der Waals surface area contributed by atoms with Crippen LogP contribution < -0.4 is 4.74 Å². The molecular formula is C10H15N3O. The van der Waals surface area contributed by atoms with Gasteiger partial charge in [-0.15, -0.1) is 5.11 Å². The zero-order chi connectivity index (χ0) is 10.4. The lowest BCUT2D eigenvalue weighted by molar-refractivity contribution is 0.340. The zero-order valence-corrected chi connectivity index (χ0v) is 8.77. The lowest BCUT2D eigenvalue weighted by Gasteiger charge is -2.02. The lowest BCUT2D eigenvalue weighted by atomic mass is 10.3. The fourth-order valence-electron chi connectivity index (χ4n) is 0.917. The van der Waals surface area contributed by atoms with Gasteiger partial charge in [0.2, 0.25) is 0 Å². The van der Waals surface area contributed by atoms with Gasteiger partial charge in [-0.2, -0.15) is 0 Å². The van der Waals surface area contributed by atoms with E-state index in [1.54, 1.807) is 5.01 Å². The highest BCUT2D eigenvalue weighted by molar-refractivity contribution is 5.40. The van der Waals surface area contributed by atoms with Crippen molar-refractivity contribution in [2.45, 2.75) is 6.92 Å². The molecule has 0 amide bonds. The summed E-state index contributed by atoms with van der Waals surface area (Å²) in [6, 6.07) is 7.51. The zero-order valence-electron chi connectivity index (χ0n) is 8.77. The number of hydrogen-bond donors (Lipinski definition) is 0. The Bertz CT molecular complexity index is 293. The second-order valence-electron chi connectivity index (χ2n) is 2.96. The van der Waals surface area contributed by atoms with Gasteiger partial charge in [0.05, 0.1) is 12.3 Å². The molecule has 1 rings (SSSR count). The molecule has 0 bridgehead atoms. The van der Waals surface area contributed by atoms with Crippen molar-refractivity contribution in [1.82, 2.24) is 5.01 Å². The Morgan fingerprint density at radius 1 is 1.21 bits per heavy atom. The van der Waals surface area contributed by atoms with Crippen molar-refractivity contribution in [2.24, 2.45) is 10.3 Å². The molecule has 0 aliphatic rings. The van der Waals surface area contributed by atoms with Crippen molar-refractivity contribution in [2.75, 3.05) is 20.7 Å². The number of nitrogens with zero attached hydrogens (tertiary/aromatic N) is 3. The highest BCUT2D eigenvalue weighted by atomic mass is 16.5. The van der Waals surface area contributed by atoms with E-state index in [0.29, 0.717) is 6.61 Å². The van der Waals surface area contributed by atoms with E-state index in [1.807, 2.05) is 45.3 Å². The van der Waals surface area contributed by atoms with E-state index in [2.05, 4.69) is 10.3 Å². The average Bonchev–Trinajstić information content (AvgIpc) is 2.17. The Labute approximate surface area is 84.2 Å². The van der Waals surface area contributed by atoms with Gasteiger partial charge in [0.15, 0.2) is 0 Å². The van der Waals surface area contributed by atoms with Crippen LogP contribution in [0.5, 0.6) is 5.75 Å². The third kappa shape index (κ3) is 3.43. The van der Waals surface area contributed by atoms with Gasteiger partial charge in [0.25, 0.3) is 0 Å². The SMILES string of the molecule is CCOc1ccc(N=NN(C)C)cc1. The lowest BCUT2D eigenvalue weighted by Crippen LogP contribution is -1.98. The van der Waals surface area contributed by atoms with Crippen LogP contribution in [0.25, 0.3) is 0 Å². The van der Waals surface area contributed by atoms with E-state index < -0.39 is 0 Å². The van der Waals surface area contributed by atoms with Crippen molar-refractivity contribution in [3.8, 4) is 5.75 Å². The van der Waals surface area contributed by atoms with E-state index in [1.165, 1.54) is 0 Å². The predicted octanol–water partition coefficient (Wildman–Crippen LogP) is 2.65. The molecule has 0 heterocycles. The van der Waals surface area contributed by atoms with Crippen molar-refractivity contribution < 1.29 is 4.74 Å². The smallest absolute Gasteiger partial charge is 0.119 e. The fourth-order valence-corrected chi connectivity index (χ4v) is 0.917. The predicted molar refractivity (Wildman–Crippen MR) is 55.8 cm³/mol. The normalized spacial score (nSPS) is 10.5. The van der Waals surface area contributed by atoms with Crippen LogP contribution in [-0.2, 0) is 0 Å². The van der Waals surface area contributed by atoms with Crippen LogP contribution >= 0.6 is 0 Å². The van der Waals surface area contributed by atoms with Crippen molar-refractivity contribution in [1.29, 1.82) is 0 Å². The molecule has 0 atom stereocenters. The molecule has 0 spiro atoms. The minimum atomic E-state index is 0.679. The van der Waals surface area contributed by atoms with E-state index in [9.17, 15) is 0 Å². The highest BCUT2D eigenvalue weighted by Gasteiger charge is 1.92. The van der Waals surface area contributed by atoms with Gasteiger partial charge in [-0.25, -0.2) is 0 Å². The third-order valence-corrected chi connectivity index (χ3v) is 1.49. The first kappa shape index (κ1) is 10.5. The summed E-state index contributed by atoms with van der Waals surface area (Å²) < 4.78 is 5.30. The molecule has 14 heavy (non-hydrogen) atoms. The standard InChI is InChI=1S/C10H15N3O/c1-4-14-10-7-5-9(6-8-10)11-12-13(2)3/h5-8H,4H2,1-3H3. The molecule has 0 N–H and O–H groups in total. The van der Waals surface area contributed by atoms with Crippen molar-refractivity contribution in [3.05, 3.63) is 24.3 Å². The molecule has 0 unspecified atom stereocenters. The minimum Gasteiger partial charge on any atom is -0.494 e. The van der Waals surface area contributed by atoms with Crippen LogP contribution in [0.15, 0.2) is 34.6 Å². The number of benzene rings is 1. The summed E-state index contributed by atoms with van der Waals surface area (Å²) in [5.41, 5.74) is 0.821. The van der Waals surface area contributed by atoms with E-state index in [4.69, 9.17) is 4.74 Å². The maximum absolute atomic E-state index is 5.30. The molecule has 1 aromatic rings. The van der Waals surface area contributed by atoms with E-state index in [-0.39, 0.29) is 0 Å². The number of ether oxygens (including phenoxy) is 1. The van der Waals surface area contributed by atoms with Crippen LogP contribution in [0.2, 0.25) is 0 Å². The summed E-state index contributed by atoms with van der Waals surface area (Å²) in [4.78, 5) is 0. The molecular weight excluding hydrogens is 178 g/mol. The largest absolute Gasteiger partial charge is 0.494 e. The first-order valence-corrected chi connectivity index (χ1v) is 4.54. The fraction of sp³-hybridized carbons (Fsp3) is 0.400. The Morgan fingerprint density at radius 3 is 2.36 bits per heavy atom. The minimum absolute atomic E-state index is 0.679. The molecule has 0 aliphatic heterocycles. The molecule has 0 aromatic heterocycles. The molecule has 0 saturated heterocycles.